The highest BCUT2D eigenvalue weighted by Crippen LogP contribution is 2.07. The molecule has 1 aromatic heterocycles. The van der Waals surface area contributed by atoms with Crippen molar-refractivity contribution >= 4 is 12.2 Å². The van der Waals surface area contributed by atoms with Gasteiger partial charge in [0.2, 0.25) is 0 Å². The van der Waals surface area contributed by atoms with Gasteiger partial charge in [-0.1, -0.05) is 19.1 Å². The van der Waals surface area contributed by atoms with Crippen LogP contribution in [0, 0.1) is 10.6 Å². The first-order valence-electron chi connectivity index (χ1n) is 5.59. The summed E-state index contributed by atoms with van der Waals surface area (Å²) >= 11 is 5.15. The number of halogens is 1. The number of aromatic nitrogens is 3. The summed E-state index contributed by atoms with van der Waals surface area (Å²) in [5, 5.41) is 6.91. The predicted octanol–water partition coefficient (Wildman–Crippen LogP) is 2.88. The maximum Gasteiger partial charge on any atom is 0.195 e. The molecule has 17 heavy (non-hydrogen) atoms. The predicted molar refractivity (Wildman–Crippen MR) is 66.9 cm³/mol. The summed E-state index contributed by atoms with van der Waals surface area (Å²) in [4.78, 5) is 0. The number of aromatic amines is 1. The van der Waals surface area contributed by atoms with Crippen LogP contribution in [-0.4, -0.2) is 14.8 Å². The van der Waals surface area contributed by atoms with E-state index in [1.165, 1.54) is 6.07 Å². The van der Waals surface area contributed by atoms with Gasteiger partial charge in [0.1, 0.15) is 11.6 Å². The summed E-state index contributed by atoms with van der Waals surface area (Å²) in [7, 11) is 0. The van der Waals surface area contributed by atoms with Crippen molar-refractivity contribution in [3.05, 3.63) is 46.2 Å². The van der Waals surface area contributed by atoms with Gasteiger partial charge in [0.15, 0.2) is 4.77 Å². The van der Waals surface area contributed by atoms with Gasteiger partial charge in [0, 0.05) is 13.0 Å². The first-order valence-corrected chi connectivity index (χ1v) is 6.00. The van der Waals surface area contributed by atoms with E-state index in [9.17, 15) is 4.39 Å². The Balaban J connectivity index is 2.12. The molecule has 0 saturated carbocycles. The average molecular weight is 251 g/mol. The van der Waals surface area contributed by atoms with E-state index in [-0.39, 0.29) is 5.82 Å². The van der Waals surface area contributed by atoms with Crippen molar-refractivity contribution in [2.75, 3.05) is 0 Å². The molecule has 0 spiro atoms. The van der Waals surface area contributed by atoms with Crippen LogP contribution in [0.4, 0.5) is 4.39 Å². The van der Waals surface area contributed by atoms with Crippen LogP contribution in [-0.2, 0) is 19.4 Å². The summed E-state index contributed by atoms with van der Waals surface area (Å²) < 4.78 is 15.6. The van der Waals surface area contributed by atoms with Crippen molar-refractivity contribution in [2.45, 2.75) is 26.3 Å². The molecule has 0 amide bonds. The minimum absolute atomic E-state index is 0.200. The molecule has 1 N–H and O–H groups in total. The van der Waals surface area contributed by atoms with Gasteiger partial charge in [-0.15, -0.1) is 0 Å². The van der Waals surface area contributed by atoms with Gasteiger partial charge in [-0.25, -0.2) is 4.39 Å². The van der Waals surface area contributed by atoms with E-state index >= 15 is 0 Å². The number of nitrogens with one attached hydrogen (secondary N) is 1. The Hall–Kier alpha value is -1.49. The third kappa shape index (κ3) is 2.79. The lowest BCUT2D eigenvalue weighted by Gasteiger charge is -2.05. The Kier molecular flexibility index (Phi) is 3.68. The lowest BCUT2D eigenvalue weighted by atomic mass is 10.1. The van der Waals surface area contributed by atoms with E-state index in [1.807, 2.05) is 17.6 Å². The minimum atomic E-state index is -0.200. The molecule has 1 heterocycles. The summed E-state index contributed by atoms with van der Waals surface area (Å²) in [6.45, 7) is 2.76. The maximum atomic E-state index is 13.0. The number of H-pyrrole nitrogens is 1. The normalized spacial score (nSPS) is 10.7. The highest BCUT2D eigenvalue weighted by molar-refractivity contribution is 7.71. The van der Waals surface area contributed by atoms with Crippen LogP contribution < -0.4 is 0 Å². The molecule has 2 aromatic rings. The van der Waals surface area contributed by atoms with Gasteiger partial charge in [0.25, 0.3) is 0 Å². The zero-order valence-electron chi connectivity index (χ0n) is 9.61. The van der Waals surface area contributed by atoms with Crippen LogP contribution in [0.25, 0.3) is 0 Å². The van der Waals surface area contributed by atoms with Crippen LogP contribution in [0.3, 0.4) is 0 Å². The quantitative estimate of drug-likeness (QED) is 0.848. The van der Waals surface area contributed by atoms with Crippen molar-refractivity contribution < 1.29 is 4.39 Å². The molecule has 0 aliphatic carbocycles. The second-order valence-corrected chi connectivity index (χ2v) is 4.22. The van der Waals surface area contributed by atoms with Crippen molar-refractivity contribution in [3.63, 3.8) is 0 Å². The van der Waals surface area contributed by atoms with E-state index in [1.54, 1.807) is 12.1 Å². The molecule has 0 bridgehead atoms. The van der Waals surface area contributed by atoms with Crippen molar-refractivity contribution in [1.29, 1.82) is 0 Å². The van der Waals surface area contributed by atoms with Crippen molar-refractivity contribution in [3.8, 4) is 0 Å². The third-order valence-corrected chi connectivity index (χ3v) is 2.98. The van der Waals surface area contributed by atoms with E-state index in [2.05, 4.69) is 10.2 Å². The summed E-state index contributed by atoms with van der Waals surface area (Å²) in [5.74, 6) is 0.736. The van der Waals surface area contributed by atoms with Gasteiger partial charge < -0.3 is 4.57 Å². The summed E-state index contributed by atoms with van der Waals surface area (Å²) in [5.41, 5.74) is 0.968. The molecule has 0 atom stereocenters. The Bertz CT molecular complexity index is 559. The third-order valence-electron chi connectivity index (χ3n) is 2.67. The lowest BCUT2D eigenvalue weighted by molar-refractivity contribution is 0.617. The smallest absolute Gasteiger partial charge is 0.195 e. The number of nitrogens with zero attached hydrogens (tertiary/aromatic N) is 2. The molecule has 0 unspecified atom stereocenters. The SMILES string of the molecule is CCc1n[nH]c(=S)n1CCc1cccc(F)c1. The van der Waals surface area contributed by atoms with Crippen LogP contribution in [0.1, 0.15) is 18.3 Å². The molecule has 0 radical (unpaired) electrons. The molecular weight excluding hydrogens is 237 g/mol. The van der Waals surface area contributed by atoms with E-state index < -0.39 is 0 Å². The summed E-state index contributed by atoms with van der Waals surface area (Å²) in [6, 6.07) is 6.64. The molecule has 0 aliphatic heterocycles. The second kappa shape index (κ2) is 5.23. The first kappa shape index (κ1) is 12.0. The Labute approximate surface area is 104 Å². The zero-order valence-corrected chi connectivity index (χ0v) is 10.4. The zero-order chi connectivity index (χ0) is 12.3. The fourth-order valence-corrected chi connectivity index (χ4v) is 2.03. The minimum Gasteiger partial charge on any atom is -0.304 e. The van der Waals surface area contributed by atoms with Crippen molar-refractivity contribution in [2.24, 2.45) is 0 Å². The van der Waals surface area contributed by atoms with E-state index in [0.717, 1.165) is 30.8 Å². The highest BCUT2D eigenvalue weighted by atomic mass is 32.1. The standard InChI is InChI=1S/C12H14FN3S/c1-2-11-14-15-12(17)16(11)7-6-9-4-3-5-10(13)8-9/h3-5,8H,2,6-7H2,1H3,(H,15,17). The largest absolute Gasteiger partial charge is 0.304 e. The van der Waals surface area contributed by atoms with Gasteiger partial charge in [-0.3, -0.25) is 5.10 Å². The second-order valence-electron chi connectivity index (χ2n) is 3.83. The first-order chi connectivity index (χ1) is 8.20. The topological polar surface area (TPSA) is 33.6 Å². The molecule has 2 rings (SSSR count). The Morgan fingerprint density at radius 3 is 3.00 bits per heavy atom. The fourth-order valence-electron chi connectivity index (χ4n) is 1.78. The Morgan fingerprint density at radius 1 is 1.47 bits per heavy atom. The molecule has 3 nitrogen and oxygen atoms in total. The molecular formula is C12H14FN3S. The van der Waals surface area contributed by atoms with Gasteiger partial charge in [0.05, 0.1) is 0 Å². The molecule has 0 saturated heterocycles. The van der Waals surface area contributed by atoms with Crippen LogP contribution in [0.15, 0.2) is 24.3 Å². The lowest BCUT2D eigenvalue weighted by Crippen LogP contribution is -2.06. The highest BCUT2D eigenvalue weighted by Gasteiger charge is 2.04. The summed E-state index contributed by atoms with van der Waals surface area (Å²) in [6.07, 6.45) is 1.58. The van der Waals surface area contributed by atoms with E-state index in [0.29, 0.717) is 4.77 Å². The van der Waals surface area contributed by atoms with E-state index in [4.69, 9.17) is 12.2 Å². The number of benzene rings is 1. The molecule has 90 valence electrons. The van der Waals surface area contributed by atoms with Crippen LogP contribution in [0.2, 0.25) is 0 Å². The monoisotopic (exact) mass is 251 g/mol. The fraction of sp³-hybridized carbons (Fsp3) is 0.333. The maximum absolute atomic E-state index is 13.0. The van der Waals surface area contributed by atoms with Gasteiger partial charge >= 0.3 is 0 Å². The van der Waals surface area contributed by atoms with Crippen LogP contribution >= 0.6 is 12.2 Å². The number of rotatable bonds is 4. The molecule has 1 aromatic carbocycles. The Morgan fingerprint density at radius 2 is 2.29 bits per heavy atom. The number of hydrogen-bond donors (Lipinski definition) is 1. The van der Waals surface area contributed by atoms with Crippen molar-refractivity contribution in [1.82, 2.24) is 14.8 Å². The number of hydrogen-bond acceptors (Lipinski definition) is 2. The van der Waals surface area contributed by atoms with Gasteiger partial charge in [-0.2, -0.15) is 5.10 Å². The van der Waals surface area contributed by atoms with Crippen LogP contribution in [0.5, 0.6) is 0 Å². The van der Waals surface area contributed by atoms with Gasteiger partial charge in [-0.05, 0) is 36.3 Å². The average Bonchev–Trinajstić information content (AvgIpc) is 2.67. The number of aryl methyl sites for hydroxylation is 2. The molecule has 5 heteroatoms. The molecule has 0 aliphatic rings. The molecule has 0 fully saturated rings.